The molecule has 11 heteroatoms. The maximum absolute atomic E-state index is 15.6. The smallest absolute Gasteiger partial charge is 0.188 e. The molecule has 0 amide bonds. The first-order valence-electron chi connectivity index (χ1n) is 9.60. The van der Waals surface area contributed by atoms with E-state index in [-0.39, 0.29) is 55.2 Å². The van der Waals surface area contributed by atoms with E-state index in [9.17, 15) is 13.2 Å². The van der Waals surface area contributed by atoms with Crippen LogP contribution in [0.1, 0.15) is 21.5 Å². The molecule has 3 rings (SSSR count). The topological polar surface area (TPSA) is 98.5 Å². The lowest BCUT2D eigenvalue weighted by Gasteiger charge is -2.13. The molecule has 0 saturated heterocycles. The SMILES string of the molecule is CS(=O)(=O)CCn1cnc2c(F)c(Cc3ccc(Br)cc3Cl)c(C(=O)COCCO)cc21. The molecule has 2 aromatic carbocycles. The molecule has 0 aliphatic carbocycles. The van der Waals surface area contributed by atoms with Crippen LogP contribution in [-0.4, -0.2) is 60.7 Å². The number of nitrogens with zero attached hydrogens (tertiary/aromatic N) is 2. The van der Waals surface area contributed by atoms with Crippen LogP contribution in [0.5, 0.6) is 0 Å². The molecule has 3 aromatic rings. The summed E-state index contributed by atoms with van der Waals surface area (Å²) < 4.78 is 46.1. The van der Waals surface area contributed by atoms with Gasteiger partial charge in [-0.25, -0.2) is 17.8 Å². The number of sulfone groups is 1. The second-order valence-electron chi connectivity index (χ2n) is 7.26. The summed E-state index contributed by atoms with van der Waals surface area (Å²) in [5.74, 6) is -1.30. The number of hydrogen-bond donors (Lipinski definition) is 1. The Kier molecular flexibility index (Phi) is 8.05. The van der Waals surface area contributed by atoms with Gasteiger partial charge in [0.25, 0.3) is 0 Å². The molecule has 1 aromatic heterocycles. The summed E-state index contributed by atoms with van der Waals surface area (Å²) in [6, 6.07) is 6.68. The van der Waals surface area contributed by atoms with E-state index >= 15 is 4.39 Å². The molecule has 0 atom stereocenters. The number of carbonyl (C=O) groups excluding carboxylic acids is 1. The number of benzene rings is 2. The number of ketones is 1. The molecular formula is C21H21BrClFN2O5S. The number of fused-ring (bicyclic) bond motifs is 1. The molecule has 0 radical (unpaired) electrons. The molecule has 0 aliphatic heterocycles. The van der Waals surface area contributed by atoms with Crippen molar-refractivity contribution < 1.29 is 27.4 Å². The number of aliphatic hydroxyl groups is 1. The van der Waals surface area contributed by atoms with Crippen molar-refractivity contribution in [3.05, 3.63) is 62.6 Å². The van der Waals surface area contributed by atoms with Gasteiger partial charge in [-0.05, 0) is 23.8 Å². The number of aliphatic hydroxyl groups excluding tert-OH is 1. The minimum atomic E-state index is -3.25. The molecule has 0 bridgehead atoms. The van der Waals surface area contributed by atoms with Crippen LogP contribution in [0.15, 0.2) is 35.1 Å². The van der Waals surface area contributed by atoms with Crippen molar-refractivity contribution in [1.29, 1.82) is 0 Å². The van der Waals surface area contributed by atoms with Crippen molar-refractivity contribution in [2.45, 2.75) is 13.0 Å². The molecule has 1 heterocycles. The monoisotopic (exact) mass is 546 g/mol. The molecule has 7 nitrogen and oxygen atoms in total. The van der Waals surface area contributed by atoms with Crippen molar-refractivity contribution in [2.24, 2.45) is 0 Å². The molecule has 1 N–H and O–H groups in total. The van der Waals surface area contributed by atoms with Crippen LogP contribution in [0.4, 0.5) is 4.39 Å². The third kappa shape index (κ3) is 5.93. The van der Waals surface area contributed by atoms with Crippen LogP contribution < -0.4 is 0 Å². The Labute approximate surface area is 198 Å². The third-order valence-electron chi connectivity index (χ3n) is 4.81. The number of aromatic nitrogens is 2. The van der Waals surface area contributed by atoms with E-state index in [1.54, 1.807) is 18.2 Å². The average molecular weight is 548 g/mol. The lowest BCUT2D eigenvalue weighted by Crippen LogP contribution is -2.16. The quantitative estimate of drug-likeness (QED) is 0.309. The lowest BCUT2D eigenvalue weighted by atomic mass is 9.95. The van der Waals surface area contributed by atoms with E-state index in [0.29, 0.717) is 16.1 Å². The van der Waals surface area contributed by atoms with E-state index in [1.807, 2.05) is 0 Å². The predicted octanol–water partition coefficient (Wildman–Crippen LogP) is 3.42. The van der Waals surface area contributed by atoms with Crippen LogP contribution in [0.3, 0.4) is 0 Å². The van der Waals surface area contributed by atoms with Crippen LogP contribution in [-0.2, 0) is 27.5 Å². The van der Waals surface area contributed by atoms with Gasteiger partial charge in [-0.2, -0.15) is 0 Å². The van der Waals surface area contributed by atoms with Crippen molar-refractivity contribution in [2.75, 3.05) is 31.8 Å². The van der Waals surface area contributed by atoms with Crippen LogP contribution in [0, 0.1) is 5.82 Å². The Balaban J connectivity index is 2.09. The molecule has 0 fully saturated rings. The fourth-order valence-electron chi connectivity index (χ4n) is 3.22. The van der Waals surface area contributed by atoms with Crippen molar-refractivity contribution in [1.82, 2.24) is 9.55 Å². The fraction of sp³-hybridized carbons (Fsp3) is 0.333. The Bertz CT molecular complexity index is 1260. The zero-order valence-electron chi connectivity index (χ0n) is 17.1. The fourth-order valence-corrected chi connectivity index (χ4v) is 4.49. The van der Waals surface area contributed by atoms with Gasteiger partial charge >= 0.3 is 0 Å². The van der Waals surface area contributed by atoms with E-state index in [2.05, 4.69) is 20.9 Å². The van der Waals surface area contributed by atoms with Gasteiger partial charge in [-0.15, -0.1) is 0 Å². The Morgan fingerprint density at radius 3 is 2.75 bits per heavy atom. The number of aryl methyl sites for hydroxylation is 1. The first kappa shape index (κ1) is 24.8. The van der Waals surface area contributed by atoms with Gasteiger partial charge in [0.1, 0.15) is 22.0 Å². The number of halogens is 3. The largest absolute Gasteiger partial charge is 0.394 e. The number of Topliss-reactive ketones (excluding diaryl/α,β-unsaturated/α-hetero) is 1. The van der Waals surface area contributed by atoms with Gasteiger partial charge in [0.05, 0.1) is 30.8 Å². The van der Waals surface area contributed by atoms with E-state index in [0.717, 1.165) is 10.7 Å². The van der Waals surface area contributed by atoms with Gasteiger partial charge in [0.15, 0.2) is 11.6 Å². The lowest BCUT2D eigenvalue weighted by molar-refractivity contribution is 0.0663. The normalized spacial score (nSPS) is 11.9. The Hall–Kier alpha value is -1.85. The molecule has 172 valence electrons. The van der Waals surface area contributed by atoms with Gasteiger partial charge in [0.2, 0.25) is 0 Å². The van der Waals surface area contributed by atoms with Crippen molar-refractivity contribution >= 4 is 54.2 Å². The highest BCUT2D eigenvalue weighted by Gasteiger charge is 2.23. The number of carbonyl (C=O) groups is 1. The van der Waals surface area contributed by atoms with Gasteiger partial charge in [-0.3, -0.25) is 4.79 Å². The number of rotatable bonds is 10. The van der Waals surface area contributed by atoms with Crippen molar-refractivity contribution in [3.63, 3.8) is 0 Å². The maximum Gasteiger partial charge on any atom is 0.188 e. The average Bonchev–Trinajstić information content (AvgIpc) is 3.13. The second kappa shape index (κ2) is 10.4. The predicted molar refractivity (Wildman–Crippen MR) is 124 cm³/mol. The summed E-state index contributed by atoms with van der Waals surface area (Å²) in [6.07, 6.45) is 2.51. The number of ether oxygens (including phenoxy) is 1. The highest BCUT2D eigenvalue weighted by molar-refractivity contribution is 9.10. The van der Waals surface area contributed by atoms with Gasteiger partial charge in [0, 0.05) is 39.8 Å². The summed E-state index contributed by atoms with van der Waals surface area (Å²) in [6.45, 7) is -0.553. The zero-order chi connectivity index (χ0) is 23.5. The van der Waals surface area contributed by atoms with Crippen LogP contribution >= 0.6 is 27.5 Å². The first-order valence-corrected chi connectivity index (χ1v) is 12.8. The second-order valence-corrected chi connectivity index (χ2v) is 10.8. The molecule has 0 spiro atoms. The van der Waals surface area contributed by atoms with Gasteiger partial charge < -0.3 is 14.4 Å². The molecular weight excluding hydrogens is 527 g/mol. The van der Waals surface area contributed by atoms with E-state index < -0.39 is 21.4 Å². The Morgan fingerprint density at radius 2 is 2.09 bits per heavy atom. The summed E-state index contributed by atoms with van der Waals surface area (Å²) in [5, 5.41) is 9.31. The summed E-state index contributed by atoms with van der Waals surface area (Å²) in [5.41, 5.74) is 1.17. The highest BCUT2D eigenvalue weighted by atomic mass is 79.9. The molecule has 32 heavy (non-hydrogen) atoms. The zero-order valence-corrected chi connectivity index (χ0v) is 20.3. The third-order valence-corrected chi connectivity index (χ3v) is 6.58. The Morgan fingerprint density at radius 1 is 1.34 bits per heavy atom. The summed E-state index contributed by atoms with van der Waals surface area (Å²) in [4.78, 5) is 17.0. The van der Waals surface area contributed by atoms with E-state index in [4.69, 9.17) is 21.4 Å². The minimum absolute atomic E-state index is 0.0311. The maximum atomic E-state index is 15.6. The van der Waals surface area contributed by atoms with Crippen LogP contribution in [0.25, 0.3) is 11.0 Å². The molecule has 0 aliphatic rings. The van der Waals surface area contributed by atoms with Crippen molar-refractivity contribution in [3.8, 4) is 0 Å². The molecule has 0 saturated carbocycles. The summed E-state index contributed by atoms with van der Waals surface area (Å²) >= 11 is 9.63. The number of imidazole rings is 1. The minimum Gasteiger partial charge on any atom is -0.394 e. The molecule has 0 unspecified atom stereocenters. The summed E-state index contributed by atoms with van der Waals surface area (Å²) in [7, 11) is -3.25. The first-order chi connectivity index (χ1) is 15.1. The van der Waals surface area contributed by atoms with Gasteiger partial charge in [-0.1, -0.05) is 33.6 Å². The number of hydrogen-bond acceptors (Lipinski definition) is 6. The van der Waals surface area contributed by atoms with E-state index in [1.165, 1.54) is 17.0 Å². The standard InChI is InChI=1S/C21H21BrClFN2O5S/c1-32(29,30)7-4-26-12-25-21-18(26)10-15(19(28)11-31-6-5-27)16(20(21)24)8-13-2-3-14(22)9-17(13)23/h2-3,9-10,12,27H,4-8,11H2,1H3. The highest BCUT2D eigenvalue weighted by Crippen LogP contribution is 2.30. The van der Waals surface area contributed by atoms with Crippen LogP contribution in [0.2, 0.25) is 5.02 Å².